The first kappa shape index (κ1) is 14.1. The first-order valence-corrected chi connectivity index (χ1v) is 8.35. The lowest BCUT2D eigenvalue weighted by Crippen LogP contribution is -2.30. The van der Waals surface area contributed by atoms with Crippen LogP contribution in [0, 0.1) is 17.8 Å². The van der Waals surface area contributed by atoms with E-state index >= 15 is 0 Å². The lowest BCUT2D eigenvalue weighted by Gasteiger charge is -2.26. The van der Waals surface area contributed by atoms with Crippen molar-refractivity contribution in [3.05, 3.63) is 35.4 Å². The first-order chi connectivity index (χ1) is 9.80. The van der Waals surface area contributed by atoms with Crippen LogP contribution in [0.25, 0.3) is 0 Å². The molecule has 0 aliphatic heterocycles. The summed E-state index contributed by atoms with van der Waals surface area (Å²) in [4.78, 5) is 0. The molecule has 2 heteroatoms. The predicted octanol–water partition coefficient (Wildman–Crippen LogP) is 3.97. The van der Waals surface area contributed by atoms with Gasteiger partial charge in [0.15, 0.2) is 0 Å². The van der Waals surface area contributed by atoms with E-state index in [0.717, 1.165) is 17.8 Å². The van der Waals surface area contributed by atoms with E-state index in [-0.39, 0.29) is 0 Å². The van der Waals surface area contributed by atoms with Gasteiger partial charge in [-0.05, 0) is 61.0 Å². The van der Waals surface area contributed by atoms with Gasteiger partial charge in [0.05, 0.1) is 0 Å². The standard InChI is InChI=1S/C18H28N2/c1-2-3-13-4-7-15(8-5-13)18(20-19)12-17-11-14-6-9-16(17)10-14/h4-5,7-8,14,16-18,20H,2-3,6,9-12,19H2,1H3. The second-order valence-electron chi connectivity index (χ2n) is 6.88. The Morgan fingerprint density at radius 3 is 2.55 bits per heavy atom. The number of aryl methyl sites for hydroxylation is 1. The van der Waals surface area contributed by atoms with Crippen LogP contribution in [0.5, 0.6) is 0 Å². The minimum atomic E-state index is 0.329. The lowest BCUT2D eigenvalue weighted by atomic mass is 9.83. The molecular formula is C18H28N2. The number of nitrogens with one attached hydrogen (secondary N) is 1. The van der Waals surface area contributed by atoms with Crippen LogP contribution < -0.4 is 11.3 Å². The summed E-state index contributed by atoms with van der Waals surface area (Å²) in [6.07, 6.45) is 9.46. The molecule has 3 N–H and O–H groups in total. The van der Waals surface area contributed by atoms with Crippen molar-refractivity contribution < 1.29 is 0 Å². The number of hydrogen-bond acceptors (Lipinski definition) is 2. The zero-order chi connectivity index (χ0) is 13.9. The molecule has 2 aliphatic carbocycles. The Balaban J connectivity index is 1.63. The minimum absolute atomic E-state index is 0.329. The molecule has 0 saturated heterocycles. The lowest BCUT2D eigenvalue weighted by molar-refractivity contribution is 0.280. The van der Waals surface area contributed by atoms with Crippen molar-refractivity contribution in [2.24, 2.45) is 23.6 Å². The number of hydrazine groups is 1. The maximum absolute atomic E-state index is 5.83. The van der Waals surface area contributed by atoms with E-state index < -0.39 is 0 Å². The molecule has 0 radical (unpaired) electrons. The van der Waals surface area contributed by atoms with E-state index in [9.17, 15) is 0 Å². The molecule has 0 heterocycles. The Labute approximate surface area is 123 Å². The third kappa shape index (κ3) is 2.91. The Morgan fingerprint density at radius 1 is 1.20 bits per heavy atom. The highest BCUT2D eigenvalue weighted by Crippen LogP contribution is 2.50. The van der Waals surface area contributed by atoms with E-state index in [4.69, 9.17) is 5.84 Å². The molecule has 2 aliphatic rings. The van der Waals surface area contributed by atoms with Crippen molar-refractivity contribution in [3.63, 3.8) is 0 Å². The molecule has 2 nitrogen and oxygen atoms in total. The van der Waals surface area contributed by atoms with E-state index in [1.165, 1.54) is 56.1 Å². The average Bonchev–Trinajstić information content (AvgIpc) is 3.08. The summed E-state index contributed by atoms with van der Waals surface area (Å²) >= 11 is 0. The molecule has 1 aromatic carbocycles. The number of benzene rings is 1. The van der Waals surface area contributed by atoms with Crippen molar-refractivity contribution >= 4 is 0 Å². The van der Waals surface area contributed by atoms with Crippen LogP contribution in [-0.2, 0) is 6.42 Å². The third-order valence-electron chi connectivity index (χ3n) is 5.54. The summed E-state index contributed by atoms with van der Waals surface area (Å²) in [5, 5.41) is 0. The second-order valence-corrected chi connectivity index (χ2v) is 6.88. The molecule has 20 heavy (non-hydrogen) atoms. The van der Waals surface area contributed by atoms with E-state index in [2.05, 4.69) is 36.6 Å². The average molecular weight is 272 g/mol. The summed E-state index contributed by atoms with van der Waals surface area (Å²) in [7, 11) is 0. The normalized spacial score (nSPS) is 29.8. The second kappa shape index (κ2) is 6.28. The Kier molecular flexibility index (Phi) is 4.42. The van der Waals surface area contributed by atoms with Crippen LogP contribution >= 0.6 is 0 Å². The van der Waals surface area contributed by atoms with Gasteiger partial charge in [-0.1, -0.05) is 44.0 Å². The number of rotatable bonds is 6. The van der Waals surface area contributed by atoms with Crippen LogP contribution in [0.1, 0.15) is 62.6 Å². The van der Waals surface area contributed by atoms with Crippen LogP contribution in [0.3, 0.4) is 0 Å². The molecule has 4 unspecified atom stereocenters. The molecule has 1 aromatic rings. The molecule has 0 aromatic heterocycles. The molecular weight excluding hydrogens is 244 g/mol. The molecule has 4 atom stereocenters. The van der Waals surface area contributed by atoms with E-state index in [1.54, 1.807) is 0 Å². The first-order valence-electron chi connectivity index (χ1n) is 8.35. The van der Waals surface area contributed by atoms with Crippen molar-refractivity contribution in [2.75, 3.05) is 0 Å². The van der Waals surface area contributed by atoms with E-state index in [1.807, 2.05) is 0 Å². The zero-order valence-corrected chi connectivity index (χ0v) is 12.6. The number of nitrogens with two attached hydrogens (primary N) is 1. The summed E-state index contributed by atoms with van der Waals surface area (Å²) in [6.45, 7) is 2.23. The number of hydrogen-bond donors (Lipinski definition) is 2. The molecule has 2 saturated carbocycles. The summed E-state index contributed by atoms with van der Waals surface area (Å²) in [5.41, 5.74) is 5.85. The number of fused-ring (bicyclic) bond motifs is 2. The molecule has 2 bridgehead atoms. The van der Waals surface area contributed by atoms with Crippen molar-refractivity contribution in [1.82, 2.24) is 5.43 Å². The monoisotopic (exact) mass is 272 g/mol. The van der Waals surface area contributed by atoms with Gasteiger partial charge in [0.25, 0.3) is 0 Å². The Morgan fingerprint density at radius 2 is 2.00 bits per heavy atom. The third-order valence-corrected chi connectivity index (χ3v) is 5.54. The van der Waals surface area contributed by atoms with Gasteiger partial charge in [-0.25, -0.2) is 0 Å². The van der Waals surface area contributed by atoms with Crippen LogP contribution in [0.15, 0.2) is 24.3 Å². The maximum Gasteiger partial charge on any atom is 0.0462 e. The van der Waals surface area contributed by atoms with Gasteiger partial charge in [0.2, 0.25) is 0 Å². The van der Waals surface area contributed by atoms with Crippen LogP contribution in [-0.4, -0.2) is 0 Å². The fraction of sp³-hybridized carbons (Fsp3) is 0.667. The van der Waals surface area contributed by atoms with Crippen LogP contribution in [0.2, 0.25) is 0 Å². The van der Waals surface area contributed by atoms with Crippen molar-refractivity contribution in [1.29, 1.82) is 0 Å². The largest absolute Gasteiger partial charge is 0.271 e. The van der Waals surface area contributed by atoms with Gasteiger partial charge in [-0.3, -0.25) is 11.3 Å². The SMILES string of the molecule is CCCc1ccc(C(CC2CC3CCC2C3)NN)cc1. The van der Waals surface area contributed by atoms with Crippen molar-refractivity contribution in [2.45, 2.75) is 57.9 Å². The molecule has 3 rings (SSSR count). The minimum Gasteiger partial charge on any atom is -0.271 e. The molecule has 2 fully saturated rings. The zero-order valence-electron chi connectivity index (χ0n) is 12.6. The highest BCUT2D eigenvalue weighted by atomic mass is 15.2. The van der Waals surface area contributed by atoms with Gasteiger partial charge in [-0.2, -0.15) is 0 Å². The van der Waals surface area contributed by atoms with E-state index in [0.29, 0.717) is 6.04 Å². The van der Waals surface area contributed by atoms with Gasteiger partial charge in [-0.15, -0.1) is 0 Å². The summed E-state index contributed by atoms with van der Waals surface area (Å²) in [6, 6.07) is 9.40. The van der Waals surface area contributed by atoms with Gasteiger partial charge in [0.1, 0.15) is 0 Å². The molecule has 0 amide bonds. The Bertz CT molecular complexity index is 426. The fourth-order valence-corrected chi connectivity index (χ4v) is 4.47. The highest BCUT2D eigenvalue weighted by molar-refractivity contribution is 5.25. The molecule has 110 valence electrons. The highest BCUT2D eigenvalue weighted by Gasteiger charge is 2.40. The maximum atomic E-state index is 5.83. The summed E-state index contributed by atoms with van der Waals surface area (Å²) in [5.74, 6) is 8.73. The van der Waals surface area contributed by atoms with Gasteiger partial charge < -0.3 is 0 Å². The van der Waals surface area contributed by atoms with Gasteiger partial charge >= 0.3 is 0 Å². The topological polar surface area (TPSA) is 38.0 Å². The summed E-state index contributed by atoms with van der Waals surface area (Å²) < 4.78 is 0. The van der Waals surface area contributed by atoms with Crippen LogP contribution in [0.4, 0.5) is 0 Å². The fourth-order valence-electron chi connectivity index (χ4n) is 4.47. The quantitative estimate of drug-likeness (QED) is 0.607. The predicted molar refractivity (Wildman–Crippen MR) is 84.1 cm³/mol. The van der Waals surface area contributed by atoms with Gasteiger partial charge in [0, 0.05) is 6.04 Å². The smallest absolute Gasteiger partial charge is 0.0462 e. The van der Waals surface area contributed by atoms with Crippen molar-refractivity contribution in [3.8, 4) is 0 Å². The Hall–Kier alpha value is -0.860. The molecule has 0 spiro atoms.